The third-order valence-electron chi connectivity index (χ3n) is 3.46. The van der Waals surface area contributed by atoms with Crippen LogP contribution in [0, 0.1) is 0 Å². The van der Waals surface area contributed by atoms with Gasteiger partial charge >= 0.3 is 0 Å². The zero-order chi connectivity index (χ0) is 16.1. The van der Waals surface area contributed by atoms with Crippen LogP contribution in [-0.2, 0) is 6.42 Å². The second-order valence-electron chi connectivity index (χ2n) is 5.11. The van der Waals surface area contributed by atoms with Crippen LogP contribution < -0.4 is 0 Å². The van der Waals surface area contributed by atoms with Gasteiger partial charge in [-0.05, 0) is 36.2 Å². The molecule has 5 nitrogen and oxygen atoms in total. The molecule has 0 aliphatic heterocycles. The van der Waals surface area contributed by atoms with Crippen LogP contribution in [0.15, 0.2) is 54.4 Å². The maximum Gasteiger partial charge on any atom is 0.273 e. The molecule has 0 aliphatic carbocycles. The molecule has 0 aromatic carbocycles. The molecule has 3 rings (SSSR count). The second kappa shape index (κ2) is 7.11. The molecular formula is C17H16N4OS. The average Bonchev–Trinajstić information content (AvgIpc) is 3.11. The molecule has 23 heavy (non-hydrogen) atoms. The molecule has 6 heteroatoms. The highest BCUT2D eigenvalue weighted by atomic mass is 32.1. The summed E-state index contributed by atoms with van der Waals surface area (Å²) in [5.74, 6) is -0.0644. The lowest BCUT2D eigenvalue weighted by Gasteiger charge is -2.15. The lowest BCUT2D eigenvalue weighted by Crippen LogP contribution is -2.29. The predicted octanol–water partition coefficient (Wildman–Crippen LogP) is 2.91. The smallest absolute Gasteiger partial charge is 0.273 e. The van der Waals surface area contributed by atoms with E-state index in [9.17, 15) is 4.79 Å². The first-order valence-electron chi connectivity index (χ1n) is 7.24. The van der Waals surface area contributed by atoms with E-state index in [2.05, 4.69) is 15.0 Å². The third-order valence-corrected chi connectivity index (χ3v) is 4.36. The van der Waals surface area contributed by atoms with Gasteiger partial charge in [0.05, 0.1) is 0 Å². The van der Waals surface area contributed by atoms with Crippen LogP contribution in [-0.4, -0.2) is 39.4 Å². The molecule has 3 aromatic rings. The first-order chi connectivity index (χ1) is 11.2. The van der Waals surface area contributed by atoms with Crippen molar-refractivity contribution in [2.45, 2.75) is 6.42 Å². The van der Waals surface area contributed by atoms with Crippen LogP contribution in [0.5, 0.6) is 0 Å². The van der Waals surface area contributed by atoms with Crippen LogP contribution in [0.2, 0.25) is 0 Å². The summed E-state index contributed by atoms with van der Waals surface area (Å²) in [6.07, 6.45) is 7.79. The molecule has 0 atom stereocenters. The molecule has 3 heterocycles. The molecule has 0 unspecified atom stereocenters. The molecule has 1 amide bonds. The predicted molar refractivity (Wildman–Crippen MR) is 90.2 cm³/mol. The van der Waals surface area contributed by atoms with Gasteiger partial charge in [0.1, 0.15) is 10.7 Å². The molecule has 0 fully saturated rings. The molecular weight excluding hydrogens is 308 g/mol. The largest absolute Gasteiger partial charge is 0.340 e. The molecule has 0 saturated carbocycles. The van der Waals surface area contributed by atoms with Gasteiger partial charge in [0.25, 0.3) is 5.91 Å². The van der Waals surface area contributed by atoms with Crippen molar-refractivity contribution in [3.05, 3.63) is 65.7 Å². The van der Waals surface area contributed by atoms with E-state index in [1.165, 1.54) is 11.3 Å². The molecule has 3 aromatic heterocycles. The molecule has 116 valence electrons. The summed E-state index contributed by atoms with van der Waals surface area (Å²) in [4.78, 5) is 26.7. The highest BCUT2D eigenvalue weighted by Gasteiger charge is 2.16. The van der Waals surface area contributed by atoms with Crippen molar-refractivity contribution in [2.24, 2.45) is 0 Å². The highest BCUT2D eigenvalue weighted by Crippen LogP contribution is 2.23. The first-order valence-corrected chi connectivity index (χ1v) is 8.12. The lowest BCUT2D eigenvalue weighted by molar-refractivity contribution is 0.0792. The number of amides is 1. The summed E-state index contributed by atoms with van der Waals surface area (Å²) in [6.45, 7) is 0.641. The minimum Gasteiger partial charge on any atom is -0.340 e. The van der Waals surface area contributed by atoms with Gasteiger partial charge in [-0.3, -0.25) is 14.8 Å². The first kappa shape index (κ1) is 15.3. The van der Waals surface area contributed by atoms with Crippen LogP contribution >= 0.6 is 11.3 Å². The topological polar surface area (TPSA) is 59.0 Å². The van der Waals surface area contributed by atoms with Crippen LogP contribution in [0.1, 0.15) is 16.1 Å². The maximum atomic E-state index is 12.5. The van der Waals surface area contributed by atoms with Crippen molar-refractivity contribution in [2.75, 3.05) is 13.6 Å². The Morgan fingerprint density at radius 2 is 2.00 bits per heavy atom. The number of pyridine rings is 2. The number of aromatic nitrogens is 3. The second-order valence-corrected chi connectivity index (χ2v) is 5.97. The Balaban J connectivity index is 1.65. The average molecular weight is 324 g/mol. The number of thiazole rings is 1. The molecule has 0 spiro atoms. The van der Waals surface area contributed by atoms with Crippen LogP contribution in [0.3, 0.4) is 0 Å². The van der Waals surface area contributed by atoms with Gasteiger partial charge in [0.2, 0.25) is 0 Å². The van der Waals surface area contributed by atoms with E-state index in [4.69, 9.17) is 0 Å². The van der Waals surface area contributed by atoms with Crippen molar-refractivity contribution in [3.63, 3.8) is 0 Å². The van der Waals surface area contributed by atoms with Crippen molar-refractivity contribution in [1.82, 2.24) is 19.9 Å². The van der Waals surface area contributed by atoms with Crippen LogP contribution in [0.25, 0.3) is 10.6 Å². The fourth-order valence-corrected chi connectivity index (χ4v) is 2.92. The number of hydrogen-bond donors (Lipinski definition) is 0. The minimum atomic E-state index is -0.0644. The van der Waals surface area contributed by atoms with Gasteiger partial charge in [-0.1, -0.05) is 0 Å². The molecule has 0 radical (unpaired) electrons. The van der Waals surface area contributed by atoms with Gasteiger partial charge in [0, 0.05) is 49.3 Å². The Morgan fingerprint density at radius 1 is 1.17 bits per heavy atom. The van der Waals surface area contributed by atoms with E-state index in [0.717, 1.165) is 22.6 Å². The van der Waals surface area contributed by atoms with Crippen molar-refractivity contribution in [3.8, 4) is 10.6 Å². The number of carbonyl (C=O) groups excluding carboxylic acids is 1. The van der Waals surface area contributed by atoms with Gasteiger partial charge < -0.3 is 4.90 Å². The van der Waals surface area contributed by atoms with E-state index in [1.807, 2.05) is 24.3 Å². The van der Waals surface area contributed by atoms with Gasteiger partial charge in [0.15, 0.2) is 0 Å². The summed E-state index contributed by atoms with van der Waals surface area (Å²) >= 11 is 1.46. The molecule has 0 saturated heterocycles. The number of likely N-dealkylation sites (N-methyl/N-ethyl adjacent to an activating group) is 1. The Hall–Kier alpha value is -2.60. The zero-order valence-corrected chi connectivity index (χ0v) is 13.5. The van der Waals surface area contributed by atoms with E-state index in [0.29, 0.717) is 12.2 Å². The summed E-state index contributed by atoms with van der Waals surface area (Å²) in [5, 5.41) is 2.61. The molecule has 0 N–H and O–H groups in total. The number of carbonyl (C=O) groups is 1. The van der Waals surface area contributed by atoms with E-state index in [1.54, 1.807) is 42.1 Å². The van der Waals surface area contributed by atoms with E-state index >= 15 is 0 Å². The van der Waals surface area contributed by atoms with Gasteiger partial charge in [-0.15, -0.1) is 11.3 Å². The van der Waals surface area contributed by atoms with Crippen molar-refractivity contribution >= 4 is 17.2 Å². The standard InChI is InChI=1S/C17H16N4OS/c1-21(10-6-13-4-8-18-9-5-13)17(22)15-12-23-16(20-15)14-3-2-7-19-11-14/h2-5,7-9,11-12H,6,10H2,1H3. The lowest BCUT2D eigenvalue weighted by atomic mass is 10.2. The fraction of sp³-hybridized carbons (Fsp3) is 0.176. The highest BCUT2D eigenvalue weighted by molar-refractivity contribution is 7.13. The SMILES string of the molecule is CN(CCc1ccncc1)C(=O)c1csc(-c2cccnc2)n1. The molecule has 0 aliphatic rings. The minimum absolute atomic E-state index is 0.0644. The Morgan fingerprint density at radius 3 is 2.74 bits per heavy atom. The van der Waals surface area contributed by atoms with Crippen molar-refractivity contribution in [1.29, 1.82) is 0 Å². The zero-order valence-electron chi connectivity index (χ0n) is 12.7. The quantitative estimate of drug-likeness (QED) is 0.724. The Bertz CT molecular complexity index is 774. The summed E-state index contributed by atoms with van der Waals surface area (Å²) in [6, 6.07) is 7.72. The van der Waals surface area contributed by atoms with E-state index in [-0.39, 0.29) is 5.91 Å². The summed E-state index contributed by atoms with van der Waals surface area (Å²) < 4.78 is 0. The van der Waals surface area contributed by atoms with Crippen molar-refractivity contribution < 1.29 is 4.79 Å². The fourth-order valence-electron chi connectivity index (χ4n) is 2.14. The van der Waals surface area contributed by atoms with E-state index < -0.39 is 0 Å². The number of rotatable bonds is 5. The maximum absolute atomic E-state index is 12.5. The Kier molecular flexibility index (Phi) is 4.73. The van der Waals surface area contributed by atoms with Crippen LogP contribution in [0.4, 0.5) is 0 Å². The Labute approximate surface area is 138 Å². The molecule has 0 bridgehead atoms. The number of nitrogens with zero attached hydrogens (tertiary/aromatic N) is 4. The number of hydrogen-bond acceptors (Lipinski definition) is 5. The van der Waals surface area contributed by atoms with Gasteiger partial charge in [-0.25, -0.2) is 4.98 Å². The van der Waals surface area contributed by atoms with Gasteiger partial charge in [-0.2, -0.15) is 0 Å². The third kappa shape index (κ3) is 3.78. The normalized spacial score (nSPS) is 10.5. The monoisotopic (exact) mass is 324 g/mol. The summed E-state index contributed by atoms with van der Waals surface area (Å²) in [7, 11) is 1.80. The summed E-state index contributed by atoms with van der Waals surface area (Å²) in [5.41, 5.74) is 2.57.